The molecule has 0 spiro atoms. The van der Waals surface area contributed by atoms with Gasteiger partial charge in [0.2, 0.25) is 6.29 Å². The number of esters is 3. The Morgan fingerprint density at radius 3 is 2.22 bits per heavy atom. The molecule has 37 heavy (non-hydrogen) atoms. The van der Waals surface area contributed by atoms with Crippen LogP contribution in [0.1, 0.15) is 36.8 Å². The highest BCUT2D eigenvalue weighted by Gasteiger charge is 2.42. The van der Waals surface area contributed by atoms with Crippen LogP contribution in [0.2, 0.25) is 0 Å². The summed E-state index contributed by atoms with van der Waals surface area (Å²) in [6, 6.07) is 11.7. The number of hydrogen-bond donors (Lipinski definition) is 1. The van der Waals surface area contributed by atoms with E-state index in [1.807, 2.05) is 30.3 Å². The summed E-state index contributed by atoms with van der Waals surface area (Å²) in [5.74, 6) is -4.17. The van der Waals surface area contributed by atoms with E-state index in [1.165, 1.54) is 12.1 Å². The molecule has 194 valence electrons. The van der Waals surface area contributed by atoms with E-state index in [2.05, 4.69) is 5.32 Å². The van der Waals surface area contributed by atoms with Crippen molar-refractivity contribution in [2.45, 2.75) is 33.4 Å². The third-order valence-electron chi connectivity index (χ3n) is 6.07. The van der Waals surface area contributed by atoms with Crippen molar-refractivity contribution in [3.63, 3.8) is 0 Å². The van der Waals surface area contributed by atoms with Crippen LogP contribution >= 0.6 is 0 Å². The minimum atomic E-state index is -1.41. The molecule has 0 bridgehead atoms. The Balaban J connectivity index is 1.63. The molecule has 2 aliphatic rings. The van der Waals surface area contributed by atoms with Crippen molar-refractivity contribution in [3.05, 3.63) is 87.5 Å². The zero-order valence-electron chi connectivity index (χ0n) is 20.8. The van der Waals surface area contributed by atoms with Gasteiger partial charge in [-0.15, -0.1) is 0 Å². The molecule has 2 aromatic rings. The highest BCUT2D eigenvalue weighted by molar-refractivity contribution is 6.05. The Labute approximate surface area is 212 Å². The molecule has 0 saturated heterocycles. The first-order valence-electron chi connectivity index (χ1n) is 11.4. The molecule has 0 saturated carbocycles. The molecule has 2 aromatic carbocycles. The normalized spacial score (nSPS) is 17.4. The van der Waals surface area contributed by atoms with Gasteiger partial charge in [0.15, 0.2) is 0 Å². The average molecular weight is 512 g/mol. The third-order valence-corrected chi connectivity index (χ3v) is 6.07. The molecule has 0 unspecified atom stereocenters. The van der Waals surface area contributed by atoms with Gasteiger partial charge < -0.3 is 29.0 Å². The molecule has 0 amide bonds. The number of rotatable bonds is 6. The van der Waals surface area contributed by atoms with Gasteiger partial charge in [0, 0.05) is 28.1 Å². The van der Waals surface area contributed by atoms with Gasteiger partial charge in [-0.05, 0) is 26.0 Å². The molecular formula is C27H26FNO8. The topological polar surface area (TPSA) is 109 Å². The summed E-state index contributed by atoms with van der Waals surface area (Å²) < 4.78 is 41.4. The van der Waals surface area contributed by atoms with E-state index in [4.69, 9.17) is 23.7 Å². The first kappa shape index (κ1) is 25.9. The molecule has 10 heteroatoms. The Hall–Kier alpha value is -4.18. The maximum atomic E-state index is 14.4. The summed E-state index contributed by atoms with van der Waals surface area (Å²) in [6.07, 6.45) is -0.731. The van der Waals surface area contributed by atoms with E-state index in [1.54, 1.807) is 13.8 Å². The van der Waals surface area contributed by atoms with Gasteiger partial charge in [0.25, 0.3) is 0 Å². The first-order chi connectivity index (χ1) is 17.7. The zero-order chi connectivity index (χ0) is 26.7. The third kappa shape index (κ3) is 5.19. The standard InChI is InChI=1S/C27H26FNO8/c1-14-20(24(30)33-3)22(21(15(2)29-14)25(31)34-4)26(32)35-12-17-10-19(28)11-18-13-36-27(37-23(17)18)16-8-6-5-7-9-16/h5-11,22,27,29H,12-13H2,1-4H3/t27-/m1/s1. The van der Waals surface area contributed by atoms with Crippen molar-refractivity contribution in [2.75, 3.05) is 14.2 Å². The number of allylic oxidation sites excluding steroid dienone is 2. The summed E-state index contributed by atoms with van der Waals surface area (Å²) in [5, 5.41) is 2.90. The lowest BCUT2D eigenvalue weighted by Gasteiger charge is -2.29. The molecule has 0 aromatic heterocycles. The number of benzene rings is 2. The van der Waals surface area contributed by atoms with E-state index in [0.717, 1.165) is 19.8 Å². The minimum Gasteiger partial charge on any atom is -0.466 e. The van der Waals surface area contributed by atoms with Gasteiger partial charge in [-0.3, -0.25) is 4.79 Å². The van der Waals surface area contributed by atoms with Crippen LogP contribution in [-0.4, -0.2) is 32.1 Å². The van der Waals surface area contributed by atoms with Crippen LogP contribution < -0.4 is 10.1 Å². The van der Waals surface area contributed by atoms with E-state index in [9.17, 15) is 18.8 Å². The van der Waals surface area contributed by atoms with Gasteiger partial charge in [-0.2, -0.15) is 0 Å². The highest BCUT2D eigenvalue weighted by Crippen LogP contribution is 2.38. The van der Waals surface area contributed by atoms with Crippen LogP contribution in [0.5, 0.6) is 5.75 Å². The largest absolute Gasteiger partial charge is 0.466 e. The Morgan fingerprint density at radius 1 is 1.00 bits per heavy atom. The fourth-order valence-corrected chi connectivity index (χ4v) is 4.38. The maximum absolute atomic E-state index is 14.4. The smallest absolute Gasteiger partial charge is 0.336 e. The molecule has 1 atom stereocenters. The summed E-state index contributed by atoms with van der Waals surface area (Å²) in [6.45, 7) is 2.85. The van der Waals surface area contributed by atoms with Gasteiger partial charge in [0.05, 0.1) is 32.0 Å². The van der Waals surface area contributed by atoms with Gasteiger partial charge >= 0.3 is 17.9 Å². The number of ether oxygens (including phenoxy) is 5. The molecule has 9 nitrogen and oxygen atoms in total. The lowest BCUT2D eigenvalue weighted by molar-refractivity contribution is -0.152. The second-order valence-electron chi connectivity index (χ2n) is 8.45. The fourth-order valence-electron chi connectivity index (χ4n) is 4.38. The quantitative estimate of drug-likeness (QED) is 0.460. The summed E-state index contributed by atoms with van der Waals surface area (Å²) in [7, 11) is 2.32. The first-order valence-corrected chi connectivity index (χ1v) is 11.4. The predicted molar refractivity (Wildman–Crippen MR) is 127 cm³/mol. The molecule has 2 aliphatic heterocycles. The molecule has 2 heterocycles. The molecule has 0 radical (unpaired) electrons. The second kappa shape index (κ2) is 10.8. The van der Waals surface area contributed by atoms with E-state index >= 15 is 0 Å². The number of dihydropyridines is 1. The van der Waals surface area contributed by atoms with E-state index in [0.29, 0.717) is 22.7 Å². The number of nitrogens with one attached hydrogen (secondary N) is 1. The summed E-state index contributed by atoms with van der Waals surface area (Å²) in [4.78, 5) is 38.5. The van der Waals surface area contributed by atoms with E-state index < -0.39 is 35.9 Å². The molecule has 0 fully saturated rings. The second-order valence-corrected chi connectivity index (χ2v) is 8.45. The Morgan fingerprint density at radius 2 is 1.62 bits per heavy atom. The van der Waals surface area contributed by atoms with Gasteiger partial charge in [-0.25, -0.2) is 14.0 Å². The number of hydrogen-bond acceptors (Lipinski definition) is 9. The van der Waals surface area contributed by atoms with Crippen molar-refractivity contribution in [3.8, 4) is 5.75 Å². The van der Waals surface area contributed by atoms with E-state index in [-0.39, 0.29) is 29.9 Å². The molecule has 1 N–H and O–H groups in total. The molecule has 4 rings (SSSR count). The maximum Gasteiger partial charge on any atom is 0.336 e. The zero-order valence-corrected chi connectivity index (χ0v) is 20.8. The average Bonchev–Trinajstić information content (AvgIpc) is 2.90. The van der Waals surface area contributed by atoms with Crippen LogP contribution in [0.3, 0.4) is 0 Å². The lowest BCUT2D eigenvalue weighted by atomic mass is 9.85. The van der Waals surface area contributed by atoms with Gasteiger partial charge in [0.1, 0.15) is 24.1 Å². The Bertz CT molecular complexity index is 1260. The number of methoxy groups -OCH3 is 2. The number of fused-ring (bicyclic) bond motifs is 1. The van der Waals surface area contributed by atoms with Crippen LogP contribution in [0.15, 0.2) is 65.0 Å². The number of halogens is 1. The summed E-state index contributed by atoms with van der Waals surface area (Å²) in [5.41, 5.74) is 1.96. The monoisotopic (exact) mass is 511 g/mol. The minimum absolute atomic E-state index is 0.0880. The van der Waals surface area contributed by atoms with Gasteiger partial charge in [-0.1, -0.05) is 30.3 Å². The van der Waals surface area contributed by atoms with Crippen LogP contribution in [0.25, 0.3) is 0 Å². The van der Waals surface area contributed by atoms with Crippen molar-refractivity contribution >= 4 is 17.9 Å². The van der Waals surface area contributed by atoms with Crippen molar-refractivity contribution in [2.24, 2.45) is 5.92 Å². The highest BCUT2D eigenvalue weighted by atomic mass is 19.1. The molecular weight excluding hydrogens is 485 g/mol. The predicted octanol–water partition coefficient (Wildman–Crippen LogP) is 3.59. The summed E-state index contributed by atoms with van der Waals surface area (Å²) >= 11 is 0. The van der Waals surface area contributed by atoms with Crippen LogP contribution in [0.4, 0.5) is 4.39 Å². The lowest BCUT2D eigenvalue weighted by Crippen LogP contribution is -2.37. The van der Waals surface area contributed by atoms with Crippen LogP contribution in [-0.2, 0) is 46.5 Å². The SMILES string of the molecule is COC(=O)C1=C(C)NC(C)=C(C(=O)OC)C1C(=O)OCc1cc(F)cc2c1O[C@H](c1ccccc1)OC2. The van der Waals surface area contributed by atoms with Crippen molar-refractivity contribution in [1.29, 1.82) is 0 Å². The number of carbonyl (C=O) groups excluding carboxylic acids is 3. The molecule has 0 aliphatic carbocycles. The number of carbonyl (C=O) groups is 3. The fraction of sp³-hybridized carbons (Fsp3) is 0.296. The van der Waals surface area contributed by atoms with Crippen molar-refractivity contribution < 1.29 is 42.5 Å². The Kier molecular flexibility index (Phi) is 7.58. The van der Waals surface area contributed by atoms with Crippen LogP contribution in [0, 0.1) is 11.7 Å². The van der Waals surface area contributed by atoms with Crippen molar-refractivity contribution in [1.82, 2.24) is 5.32 Å².